The van der Waals surface area contributed by atoms with Crippen LogP contribution < -0.4 is 0 Å². The van der Waals surface area contributed by atoms with Gasteiger partial charge in [-0.1, -0.05) is 48.5 Å². The van der Waals surface area contributed by atoms with E-state index in [-0.39, 0.29) is 10.7 Å². The van der Waals surface area contributed by atoms with Gasteiger partial charge in [0, 0.05) is 16.2 Å². The number of halogens is 1. The Morgan fingerprint density at radius 2 is 1.76 bits per heavy atom. The first-order chi connectivity index (χ1) is 9.88. The van der Waals surface area contributed by atoms with E-state index in [9.17, 15) is 13.2 Å². The molecule has 0 radical (unpaired) electrons. The van der Waals surface area contributed by atoms with Crippen LogP contribution in [0.2, 0.25) is 0 Å². The average Bonchev–Trinajstić information content (AvgIpc) is 2.45. The Bertz CT molecular complexity index is 794. The second-order valence-electron chi connectivity index (χ2n) is 4.53. The van der Waals surface area contributed by atoms with Gasteiger partial charge in [0.1, 0.15) is 0 Å². The van der Waals surface area contributed by atoms with Crippen molar-refractivity contribution < 1.29 is 13.2 Å². The van der Waals surface area contributed by atoms with Crippen LogP contribution in [0.5, 0.6) is 0 Å². The number of ketones is 1. The fourth-order valence-corrected chi connectivity index (χ4v) is 3.08. The molecule has 0 aliphatic rings. The maximum Gasteiger partial charge on any atom is 0.261 e. The third kappa shape index (κ3) is 4.03. The van der Waals surface area contributed by atoms with Gasteiger partial charge in [0.05, 0.1) is 4.90 Å². The van der Waals surface area contributed by atoms with Gasteiger partial charge in [0.25, 0.3) is 9.05 Å². The van der Waals surface area contributed by atoms with Crippen LogP contribution in [0.25, 0.3) is 6.08 Å². The summed E-state index contributed by atoms with van der Waals surface area (Å²) in [6.07, 6.45) is 2.98. The van der Waals surface area contributed by atoms with Crippen LogP contribution in [0.15, 0.2) is 59.5 Å². The molecule has 0 saturated heterocycles. The first kappa shape index (κ1) is 15.5. The Morgan fingerprint density at radius 3 is 2.38 bits per heavy atom. The number of carbonyl (C=O) groups excluding carboxylic acids is 1. The van der Waals surface area contributed by atoms with Crippen LogP contribution in [0.1, 0.15) is 21.5 Å². The van der Waals surface area contributed by atoms with E-state index in [1.807, 2.05) is 6.07 Å². The van der Waals surface area contributed by atoms with Crippen molar-refractivity contribution in [2.45, 2.75) is 11.8 Å². The number of carbonyl (C=O) groups is 1. The molecule has 3 nitrogen and oxygen atoms in total. The number of rotatable bonds is 4. The van der Waals surface area contributed by atoms with Crippen LogP contribution in [0.4, 0.5) is 0 Å². The van der Waals surface area contributed by atoms with Crippen molar-refractivity contribution in [3.63, 3.8) is 0 Å². The molecule has 2 aromatic rings. The lowest BCUT2D eigenvalue weighted by molar-refractivity contribution is 0.104. The summed E-state index contributed by atoms with van der Waals surface area (Å²) in [5.74, 6) is -0.147. The smallest absolute Gasteiger partial charge is 0.261 e. The number of hydrogen-bond donors (Lipinski definition) is 0. The summed E-state index contributed by atoms with van der Waals surface area (Å²) in [6.45, 7) is 1.66. The molecular formula is C16H13ClO3S. The van der Waals surface area contributed by atoms with Crippen LogP contribution in [0.3, 0.4) is 0 Å². The molecule has 108 valence electrons. The van der Waals surface area contributed by atoms with Crippen molar-refractivity contribution in [1.82, 2.24) is 0 Å². The Labute approximate surface area is 128 Å². The van der Waals surface area contributed by atoms with Crippen LogP contribution in [-0.4, -0.2) is 14.2 Å². The van der Waals surface area contributed by atoms with Gasteiger partial charge in [-0.2, -0.15) is 0 Å². The minimum Gasteiger partial charge on any atom is -0.289 e. The fraction of sp³-hybridized carbons (Fsp3) is 0.0625. The van der Waals surface area contributed by atoms with Gasteiger partial charge in [0.15, 0.2) is 5.78 Å². The molecule has 0 aliphatic heterocycles. The Hall–Kier alpha value is -1.91. The molecule has 0 fully saturated rings. The highest BCUT2D eigenvalue weighted by atomic mass is 35.7. The third-order valence-electron chi connectivity index (χ3n) is 2.96. The van der Waals surface area contributed by atoms with Gasteiger partial charge in [0.2, 0.25) is 0 Å². The second kappa shape index (κ2) is 6.24. The largest absolute Gasteiger partial charge is 0.289 e. The topological polar surface area (TPSA) is 51.2 Å². The molecule has 0 atom stereocenters. The lowest BCUT2D eigenvalue weighted by Gasteiger charge is -2.03. The predicted octanol–water partition coefficient (Wildman–Crippen LogP) is 3.82. The summed E-state index contributed by atoms with van der Waals surface area (Å²) >= 11 is 0. The van der Waals surface area contributed by atoms with E-state index < -0.39 is 9.05 Å². The van der Waals surface area contributed by atoms with E-state index in [0.29, 0.717) is 16.7 Å². The molecule has 0 saturated carbocycles. The van der Waals surface area contributed by atoms with E-state index >= 15 is 0 Å². The van der Waals surface area contributed by atoms with Crippen molar-refractivity contribution in [3.05, 3.63) is 71.3 Å². The molecule has 0 aliphatic carbocycles. The first-order valence-electron chi connectivity index (χ1n) is 6.21. The van der Waals surface area contributed by atoms with Gasteiger partial charge in [-0.25, -0.2) is 8.42 Å². The molecule has 0 heterocycles. The molecule has 0 bridgehead atoms. The molecule has 0 aromatic heterocycles. The van der Waals surface area contributed by atoms with E-state index in [2.05, 4.69) is 0 Å². The Morgan fingerprint density at radius 1 is 1.10 bits per heavy atom. The van der Waals surface area contributed by atoms with Crippen LogP contribution in [-0.2, 0) is 9.05 Å². The number of benzene rings is 2. The van der Waals surface area contributed by atoms with E-state index in [0.717, 1.165) is 0 Å². The zero-order valence-corrected chi connectivity index (χ0v) is 12.9. The quantitative estimate of drug-likeness (QED) is 0.489. The highest BCUT2D eigenvalue weighted by Gasteiger charge is 2.13. The van der Waals surface area contributed by atoms with Crippen LogP contribution in [0, 0.1) is 6.92 Å². The zero-order valence-electron chi connectivity index (χ0n) is 11.3. The predicted molar refractivity (Wildman–Crippen MR) is 84.0 cm³/mol. The first-order valence-corrected chi connectivity index (χ1v) is 8.51. The minimum atomic E-state index is -3.79. The van der Waals surface area contributed by atoms with Crippen molar-refractivity contribution in [2.24, 2.45) is 0 Å². The lowest BCUT2D eigenvalue weighted by atomic mass is 10.1. The minimum absolute atomic E-state index is 0.0541. The van der Waals surface area contributed by atoms with E-state index in [1.165, 1.54) is 12.1 Å². The maximum absolute atomic E-state index is 11.9. The summed E-state index contributed by atoms with van der Waals surface area (Å²) in [5, 5.41) is 0. The second-order valence-corrected chi connectivity index (χ2v) is 7.06. The molecular weight excluding hydrogens is 308 g/mol. The van der Waals surface area contributed by atoms with Gasteiger partial charge in [-0.15, -0.1) is 0 Å². The molecule has 0 spiro atoms. The molecule has 21 heavy (non-hydrogen) atoms. The van der Waals surface area contributed by atoms with Crippen molar-refractivity contribution in [2.75, 3.05) is 0 Å². The highest BCUT2D eigenvalue weighted by molar-refractivity contribution is 8.13. The van der Waals surface area contributed by atoms with Gasteiger partial charge in [-0.05, 0) is 30.2 Å². The summed E-state index contributed by atoms with van der Waals surface area (Å²) in [5.41, 5.74) is 1.74. The normalized spacial score (nSPS) is 11.7. The summed E-state index contributed by atoms with van der Waals surface area (Å²) in [6, 6.07) is 13.7. The van der Waals surface area contributed by atoms with Crippen molar-refractivity contribution in [1.29, 1.82) is 0 Å². The van der Waals surface area contributed by atoms with E-state index in [4.69, 9.17) is 10.7 Å². The highest BCUT2D eigenvalue weighted by Crippen LogP contribution is 2.21. The van der Waals surface area contributed by atoms with Crippen LogP contribution >= 0.6 is 10.7 Å². The molecule has 2 aromatic carbocycles. The zero-order chi connectivity index (χ0) is 15.5. The molecule has 2 rings (SSSR count). The van der Waals surface area contributed by atoms with E-state index in [1.54, 1.807) is 49.4 Å². The summed E-state index contributed by atoms with van der Waals surface area (Å²) in [7, 11) is 1.58. The Kier molecular flexibility index (Phi) is 4.60. The molecule has 5 heteroatoms. The maximum atomic E-state index is 11.9. The number of allylic oxidation sites excluding steroid dienone is 1. The monoisotopic (exact) mass is 320 g/mol. The fourth-order valence-electron chi connectivity index (χ4n) is 1.85. The lowest BCUT2D eigenvalue weighted by Crippen LogP contribution is -1.96. The number of aryl methyl sites for hydroxylation is 1. The van der Waals surface area contributed by atoms with Gasteiger partial charge >= 0.3 is 0 Å². The summed E-state index contributed by atoms with van der Waals surface area (Å²) < 4.78 is 22.9. The average molecular weight is 321 g/mol. The van der Waals surface area contributed by atoms with Gasteiger partial charge < -0.3 is 0 Å². The number of hydrogen-bond acceptors (Lipinski definition) is 3. The SMILES string of the molecule is Cc1ccc(C=CC(=O)c2ccccc2)cc1S(=O)(=O)Cl. The molecule has 0 N–H and O–H groups in total. The molecule has 0 amide bonds. The van der Waals surface area contributed by atoms with Crippen molar-refractivity contribution >= 4 is 31.6 Å². The molecule has 0 unspecified atom stereocenters. The van der Waals surface area contributed by atoms with Crippen molar-refractivity contribution in [3.8, 4) is 0 Å². The van der Waals surface area contributed by atoms with Gasteiger partial charge in [-0.3, -0.25) is 4.79 Å². The third-order valence-corrected chi connectivity index (χ3v) is 4.42. The summed E-state index contributed by atoms with van der Waals surface area (Å²) in [4.78, 5) is 12.0. The standard InChI is InChI=1S/C16H13ClO3S/c1-12-7-8-13(11-16(12)21(17,19)20)9-10-15(18)14-5-3-2-4-6-14/h2-11H,1H3. The Balaban J connectivity index is 2.29.